The summed E-state index contributed by atoms with van der Waals surface area (Å²) in [5.74, 6) is 1.10. The molecule has 2 aromatic rings. The Balaban J connectivity index is 2.02. The maximum Gasteiger partial charge on any atom is 0.291 e. The van der Waals surface area contributed by atoms with Crippen molar-refractivity contribution in [2.75, 3.05) is 0 Å². The molecule has 0 radical (unpaired) electrons. The average molecular weight is 303 g/mol. The van der Waals surface area contributed by atoms with Crippen LogP contribution in [-0.2, 0) is 0 Å². The number of aryl methyl sites for hydroxylation is 2. The lowest BCUT2D eigenvalue weighted by atomic mass is 10.0. The highest BCUT2D eigenvalue weighted by Gasteiger charge is 2.16. The van der Waals surface area contributed by atoms with E-state index in [-0.39, 0.29) is 17.8 Å². The summed E-state index contributed by atoms with van der Waals surface area (Å²) in [7, 11) is 0. The van der Waals surface area contributed by atoms with Gasteiger partial charge in [0.25, 0.3) is 11.7 Å². The highest BCUT2D eigenvalue weighted by atomic mass is 16.2. The second-order valence-corrected chi connectivity index (χ2v) is 6.39. The molecule has 0 saturated carbocycles. The monoisotopic (exact) mass is 303 g/mol. The summed E-state index contributed by atoms with van der Waals surface area (Å²) in [6.45, 7) is 10.3. The molecule has 0 spiro atoms. The normalized spacial score (nSPS) is 12.8. The predicted molar refractivity (Wildman–Crippen MR) is 85.9 cm³/mol. The van der Waals surface area contributed by atoms with Crippen molar-refractivity contribution in [3.8, 4) is 0 Å². The molecule has 6 heteroatoms. The van der Waals surface area contributed by atoms with Crippen LogP contribution in [0.5, 0.6) is 0 Å². The average Bonchev–Trinajstić information content (AvgIpc) is 2.82. The summed E-state index contributed by atoms with van der Waals surface area (Å²) in [6.07, 6.45) is 3.25. The number of nitrogens with zero attached hydrogens (tertiary/aromatic N) is 4. The summed E-state index contributed by atoms with van der Waals surface area (Å²) in [4.78, 5) is 20.8. The zero-order chi connectivity index (χ0) is 16.3. The molecule has 1 unspecified atom stereocenters. The van der Waals surface area contributed by atoms with Gasteiger partial charge in [0.05, 0.1) is 0 Å². The van der Waals surface area contributed by atoms with Crippen molar-refractivity contribution in [1.29, 1.82) is 0 Å². The molecule has 2 aromatic heterocycles. The van der Waals surface area contributed by atoms with Crippen LogP contribution in [0.2, 0.25) is 0 Å². The molecule has 0 saturated heterocycles. The number of carbonyl (C=O) groups is 1. The second kappa shape index (κ2) is 6.85. The Morgan fingerprint density at radius 1 is 1.23 bits per heavy atom. The Hall–Kier alpha value is -1.98. The Morgan fingerprint density at radius 3 is 2.64 bits per heavy atom. The number of amides is 1. The van der Waals surface area contributed by atoms with Crippen molar-refractivity contribution in [1.82, 2.24) is 24.9 Å². The van der Waals surface area contributed by atoms with Gasteiger partial charge in [-0.05, 0) is 39.2 Å². The smallest absolute Gasteiger partial charge is 0.291 e. The van der Waals surface area contributed by atoms with Crippen LogP contribution in [0.1, 0.15) is 62.0 Å². The summed E-state index contributed by atoms with van der Waals surface area (Å²) < 4.78 is 1.60. The Bertz CT molecular complexity index is 662. The van der Waals surface area contributed by atoms with E-state index in [1.165, 1.54) is 6.42 Å². The fourth-order valence-electron chi connectivity index (χ4n) is 2.46. The van der Waals surface area contributed by atoms with Crippen LogP contribution >= 0.6 is 0 Å². The van der Waals surface area contributed by atoms with Gasteiger partial charge < -0.3 is 5.32 Å². The van der Waals surface area contributed by atoms with Gasteiger partial charge in [-0.15, -0.1) is 5.10 Å². The van der Waals surface area contributed by atoms with Gasteiger partial charge in [0, 0.05) is 17.4 Å². The van der Waals surface area contributed by atoms with E-state index in [0.29, 0.717) is 11.7 Å². The first-order valence-corrected chi connectivity index (χ1v) is 7.88. The fourth-order valence-corrected chi connectivity index (χ4v) is 2.46. The molecule has 1 atom stereocenters. The van der Waals surface area contributed by atoms with E-state index in [1.807, 2.05) is 26.8 Å². The molecule has 0 fully saturated rings. The zero-order valence-electron chi connectivity index (χ0n) is 14.1. The number of carbonyl (C=O) groups excluding carboxylic acids is 1. The highest BCUT2D eigenvalue weighted by molar-refractivity contribution is 5.91. The Labute approximate surface area is 131 Å². The second-order valence-electron chi connectivity index (χ2n) is 6.39. The first-order valence-electron chi connectivity index (χ1n) is 7.88. The summed E-state index contributed by atoms with van der Waals surface area (Å²) in [6, 6.07) is 2.03. The first kappa shape index (κ1) is 16.4. The van der Waals surface area contributed by atoms with E-state index in [2.05, 4.69) is 34.2 Å². The molecule has 0 aliphatic heterocycles. The molecule has 0 aliphatic carbocycles. The van der Waals surface area contributed by atoms with Gasteiger partial charge in [-0.2, -0.15) is 4.98 Å². The molecule has 22 heavy (non-hydrogen) atoms. The topological polar surface area (TPSA) is 72.2 Å². The van der Waals surface area contributed by atoms with Gasteiger partial charge in [-0.1, -0.05) is 26.7 Å². The number of nitrogens with one attached hydrogen (secondary N) is 1. The first-order chi connectivity index (χ1) is 10.4. The van der Waals surface area contributed by atoms with E-state index in [1.54, 1.807) is 4.52 Å². The van der Waals surface area contributed by atoms with E-state index >= 15 is 0 Å². The summed E-state index contributed by atoms with van der Waals surface area (Å²) >= 11 is 0. The number of hydrogen-bond acceptors (Lipinski definition) is 4. The summed E-state index contributed by atoms with van der Waals surface area (Å²) in [5, 5.41) is 7.21. The third kappa shape index (κ3) is 4.02. The van der Waals surface area contributed by atoms with Crippen molar-refractivity contribution in [2.45, 2.75) is 59.9 Å². The zero-order valence-corrected chi connectivity index (χ0v) is 14.1. The van der Waals surface area contributed by atoms with Crippen LogP contribution in [-0.4, -0.2) is 31.5 Å². The Morgan fingerprint density at radius 2 is 1.95 bits per heavy atom. The van der Waals surface area contributed by atoms with Crippen LogP contribution in [0.15, 0.2) is 6.07 Å². The van der Waals surface area contributed by atoms with Crippen LogP contribution in [0.25, 0.3) is 5.78 Å². The van der Waals surface area contributed by atoms with E-state index in [9.17, 15) is 4.79 Å². The molecule has 2 heterocycles. The van der Waals surface area contributed by atoms with Crippen LogP contribution < -0.4 is 5.32 Å². The third-order valence-electron chi connectivity index (χ3n) is 3.62. The van der Waals surface area contributed by atoms with Crippen molar-refractivity contribution in [2.24, 2.45) is 5.92 Å². The number of fused-ring (bicyclic) bond motifs is 1. The van der Waals surface area contributed by atoms with Crippen molar-refractivity contribution >= 4 is 11.7 Å². The quantitative estimate of drug-likeness (QED) is 0.890. The van der Waals surface area contributed by atoms with Gasteiger partial charge in [-0.3, -0.25) is 4.79 Å². The minimum atomic E-state index is -0.236. The molecule has 0 bridgehead atoms. The van der Waals surface area contributed by atoms with Crippen molar-refractivity contribution in [3.05, 3.63) is 23.3 Å². The molecule has 2 rings (SSSR count). The predicted octanol–water partition coefficient (Wildman–Crippen LogP) is 2.69. The molecule has 0 aromatic carbocycles. The van der Waals surface area contributed by atoms with Gasteiger partial charge in [0.1, 0.15) is 0 Å². The lowest BCUT2D eigenvalue weighted by Crippen LogP contribution is -2.33. The molecule has 120 valence electrons. The molecule has 0 aliphatic rings. The lowest BCUT2D eigenvalue weighted by molar-refractivity contribution is 0.0927. The third-order valence-corrected chi connectivity index (χ3v) is 3.62. The SMILES string of the molecule is Cc1cc(C)n2nc(C(=O)NC(C)CCCC(C)C)nc2n1. The van der Waals surface area contributed by atoms with Crippen LogP contribution in [0.4, 0.5) is 0 Å². The molecule has 1 N–H and O–H groups in total. The van der Waals surface area contributed by atoms with Crippen LogP contribution in [0, 0.1) is 19.8 Å². The molecule has 6 nitrogen and oxygen atoms in total. The number of rotatable bonds is 6. The highest BCUT2D eigenvalue weighted by Crippen LogP contribution is 2.09. The van der Waals surface area contributed by atoms with E-state index < -0.39 is 0 Å². The van der Waals surface area contributed by atoms with Gasteiger partial charge >= 0.3 is 0 Å². The molecular weight excluding hydrogens is 278 g/mol. The maximum absolute atomic E-state index is 12.2. The largest absolute Gasteiger partial charge is 0.347 e. The van der Waals surface area contributed by atoms with Crippen LogP contribution in [0.3, 0.4) is 0 Å². The van der Waals surface area contributed by atoms with Gasteiger partial charge in [0.2, 0.25) is 5.82 Å². The maximum atomic E-state index is 12.2. The lowest BCUT2D eigenvalue weighted by Gasteiger charge is -2.13. The van der Waals surface area contributed by atoms with Gasteiger partial charge in [0.15, 0.2) is 0 Å². The number of hydrogen-bond donors (Lipinski definition) is 1. The minimum absolute atomic E-state index is 0.119. The van der Waals surface area contributed by atoms with Crippen molar-refractivity contribution < 1.29 is 4.79 Å². The number of aromatic nitrogens is 4. The molecular formula is C16H25N5O. The van der Waals surface area contributed by atoms with Gasteiger partial charge in [-0.25, -0.2) is 9.50 Å². The Kier molecular flexibility index (Phi) is 5.11. The standard InChI is InChI=1S/C16H25N5O/c1-10(2)7-6-8-11(3)17-15(22)14-19-16-18-12(4)9-13(5)21(16)20-14/h9-11H,6-8H2,1-5H3,(H,17,22). The van der Waals surface area contributed by atoms with E-state index in [0.717, 1.165) is 24.2 Å². The van der Waals surface area contributed by atoms with Crippen molar-refractivity contribution in [3.63, 3.8) is 0 Å². The van der Waals surface area contributed by atoms with E-state index in [4.69, 9.17) is 0 Å². The summed E-state index contributed by atoms with van der Waals surface area (Å²) in [5.41, 5.74) is 1.78. The molecule has 1 amide bonds. The fraction of sp³-hybridized carbons (Fsp3) is 0.625. The minimum Gasteiger partial charge on any atom is -0.347 e.